The Kier molecular flexibility index (Phi) is 2.84. The third kappa shape index (κ3) is 2.10. The fourth-order valence-electron chi connectivity index (χ4n) is 3.91. The maximum Gasteiger partial charge on any atom is 0.291 e. The van der Waals surface area contributed by atoms with Gasteiger partial charge in [-0.1, -0.05) is 11.3 Å². The maximum atomic E-state index is 6.23. The largest absolute Gasteiger partial charge is 0.497 e. The first-order chi connectivity index (χ1) is 11.2. The number of nitrogens with one attached hydrogen (secondary N) is 1. The van der Waals surface area contributed by atoms with Crippen LogP contribution in [-0.4, -0.2) is 54.8 Å². The van der Waals surface area contributed by atoms with Crippen molar-refractivity contribution < 1.29 is 9.47 Å². The van der Waals surface area contributed by atoms with E-state index in [4.69, 9.17) is 9.47 Å². The molecule has 3 atom stereocenters. The molecule has 3 unspecified atom stereocenters. The van der Waals surface area contributed by atoms with Gasteiger partial charge >= 0.3 is 0 Å². The van der Waals surface area contributed by atoms with Crippen molar-refractivity contribution in [2.75, 3.05) is 38.6 Å². The summed E-state index contributed by atoms with van der Waals surface area (Å²) >= 11 is 1.59. The van der Waals surface area contributed by atoms with Gasteiger partial charge in [-0.15, -0.1) is 0 Å². The second-order valence-corrected chi connectivity index (χ2v) is 7.52. The average Bonchev–Trinajstić information content (AvgIpc) is 3.31. The van der Waals surface area contributed by atoms with Gasteiger partial charge in [0.2, 0.25) is 0 Å². The van der Waals surface area contributed by atoms with Crippen molar-refractivity contribution in [1.29, 1.82) is 0 Å². The molecule has 2 fully saturated rings. The van der Waals surface area contributed by atoms with Crippen molar-refractivity contribution in [2.45, 2.75) is 12.0 Å². The monoisotopic (exact) mass is 330 g/mol. The number of methoxy groups -OCH3 is 1. The van der Waals surface area contributed by atoms with Crippen LogP contribution in [0.3, 0.4) is 0 Å². The van der Waals surface area contributed by atoms with Crippen molar-refractivity contribution in [1.82, 2.24) is 9.88 Å². The number of aliphatic imine (C=N–C) groups is 1. The first-order valence-corrected chi connectivity index (χ1v) is 8.73. The summed E-state index contributed by atoms with van der Waals surface area (Å²) < 4.78 is 12.6. The highest BCUT2D eigenvalue weighted by Crippen LogP contribution is 2.41. The zero-order chi connectivity index (χ0) is 15.4. The lowest BCUT2D eigenvalue weighted by atomic mass is 9.88. The molecule has 0 saturated carbocycles. The Morgan fingerprint density at radius 1 is 1.48 bits per heavy atom. The molecule has 3 aliphatic heterocycles. The second kappa shape index (κ2) is 4.82. The topological polar surface area (TPSA) is 59.0 Å². The van der Waals surface area contributed by atoms with E-state index in [1.54, 1.807) is 18.4 Å². The van der Waals surface area contributed by atoms with Crippen LogP contribution in [0.25, 0.3) is 10.2 Å². The van der Waals surface area contributed by atoms with Crippen LogP contribution in [0, 0.1) is 5.92 Å². The molecule has 3 aliphatic rings. The van der Waals surface area contributed by atoms with Gasteiger partial charge in [-0.2, -0.15) is 0 Å². The Morgan fingerprint density at radius 2 is 2.43 bits per heavy atom. The highest BCUT2D eigenvalue weighted by atomic mass is 32.1. The molecule has 2 bridgehead atoms. The Bertz CT molecular complexity index is 804. The van der Waals surface area contributed by atoms with E-state index in [2.05, 4.69) is 20.2 Å². The number of fused-ring (bicyclic) bond motifs is 4. The number of hydrogen-bond donors (Lipinski definition) is 1. The molecule has 2 aromatic rings. The third-order valence-electron chi connectivity index (χ3n) is 5.11. The fourth-order valence-corrected chi connectivity index (χ4v) is 4.80. The van der Waals surface area contributed by atoms with Crippen molar-refractivity contribution in [3.63, 3.8) is 0 Å². The van der Waals surface area contributed by atoms with Gasteiger partial charge in [-0.3, -0.25) is 10.2 Å². The molecule has 0 aliphatic carbocycles. The number of rotatable bonds is 2. The molecule has 1 aromatic heterocycles. The number of nitrogens with zero attached hydrogens (tertiary/aromatic N) is 3. The zero-order valence-corrected chi connectivity index (χ0v) is 13.7. The maximum absolute atomic E-state index is 6.23. The van der Waals surface area contributed by atoms with E-state index in [0.29, 0.717) is 11.9 Å². The first kappa shape index (κ1) is 13.6. The van der Waals surface area contributed by atoms with Crippen molar-refractivity contribution in [3.8, 4) is 5.75 Å². The van der Waals surface area contributed by atoms with Crippen molar-refractivity contribution in [3.05, 3.63) is 18.2 Å². The molecule has 4 heterocycles. The summed E-state index contributed by atoms with van der Waals surface area (Å²) in [6.07, 6.45) is 1.23. The molecular formula is C16H18N4O2S. The summed E-state index contributed by atoms with van der Waals surface area (Å²) in [5.74, 6) is 1.46. The highest BCUT2D eigenvalue weighted by molar-refractivity contribution is 7.22. The number of benzene rings is 1. The molecule has 1 N–H and O–H groups in total. The molecule has 0 radical (unpaired) electrons. The highest BCUT2D eigenvalue weighted by Gasteiger charge is 2.54. The first-order valence-electron chi connectivity index (χ1n) is 7.91. The summed E-state index contributed by atoms with van der Waals surface area (Å²) in [5.41, 5.74) is 0.859. The smallest absolute Gasteiger partial charge is 0.291 e. The van der Waals surface area contributed by atoms with Gasteiger partial charge in [-0.05, 0) is 31.2 Å². The van der Waals surface area contributed by atoms with Crippen LogP contribution in [-0.2, 0) is 4.74 Å². The predicted octanol–water partition coefficient (Wildman–Crippen LogP) is 2.18. The van der Waals surface area contributed by atoms with Gasteiger partial charge in [0.05, 0.1) is 23.9 Å². The Balaban J connectivity index is 1.34. The van der Waals surface area contributed by atoms with E-state index in [0.717, 1.165) is 40.7 Å². The molecule has 2 saturated heterocycles. The van der Waals surface area contributed by atoms with Gasteiger partial charge in [-0.25, -0.2) is 9.98 Å². The normalized spacial score (nSPS) is 31.6. The summed E-state index contributed by atoms with van der Waals surface area (Å²) in [4.78, 5) is 11.7. The molecule has 6 nitrogen and oxygen atoms in total. The average molecular weight is 330 g/mol. The minimum absolute atomic E-state index is 0.0967. The van der Waals surface area contributed by atoms with Crippen LogP contribution in [0.4, 0.5) is 5.13 Å². The minimum atomic E-state index is -0.0967. The van der Waals surface area contributed by atoms with Gasteiger partial charge in [0.25, 0.3) is 6.02 Å². The number of piperidine rings is 1. The fraction of sp³-hybridized carbons (Fsp3) is 0.500. The number of amidine groups is 1. The van der Waals surface area contributed by atoms with Crippen molar-refractivity contribution >= 4 is 32.7 Å². The van der Waals surface area contributed by atoms with Crippen LogP contribution >= 0.6 is 11.3 Å². The Labute approximate surface area is 138 Å². The summed E-state index contributed by atoms with van der Waals surface area (Å²) in [6, 6.07) is 6.51. The molecule has 23 heavy (non-hydrogen) atoms. The van der Waals surface area contributed by atoms with E-state index in [1.807, 2.05) is 18.2 Å². The SMILES string of the molecule is COc1ccc2nc(NC3=NCC4(CN5CCC4C5)O3)sc2c1. The van der Waals surface area contributed by atoms with Gasteiger partial charge < -0.3 is 9.47 Å². The zero-order valence-electron chi connectivity index (χ0n) is 12.9. The number of thiazole rings is 1. The van der Waals surface area contributed by atoms with Crippen molar-refractivity contribution in [2.24, 2.45) is 10.9 Å². The van der Waals surface area contributed by atoms with E-state index in [-0.39, 0.29) is 5.60 Å². The number of hydrogen-bond acceptors (Lipinski definition) is 7. The van der Waals surface area contributed by atoms with E-state index in [1.165, 1.54) is 13.0 Å². The predicted molar refractivity (Wildman–Crippen MR) is 90.5 cm³/mol. The van der Waals surface area contributed by atoms with Crippen LogP contribution in [0.1, 0.15) is 6.42 Å². The summed E-state index contributed by atoms with van der Waals surface area (Å²) in [6.45, 7) is 4.13. The van der Waals surface area contributed by atoms with Gasteiger partial charge in [0, 0.05) is 19.0 Å². The number of anilines is 1. The summed E-state index contributed by atoms with van der Waals surface area (Å²) in [5, 5.41) is 4.07. The number of ether oxygens (including phenoxy) is 2. The van der Waals surface area contributed by atoms with Crippen LogP contribution in [0.15, 0.2) is 23.2 Å². The second-order valence-electron chi connectivity index (χ2n) is 6.49. The molecular weight excluding hydrogens is 312 g/mol. The van der Waals surface area contributed by atoms with Gasteiger partial charge in [0.1, 0.15) is 11.4 Å². The van der Waals surface area contributed by atoms with Crippen LogP contribution in [0.5, 0.6) is 5.75 Å². The lowest BCUT2D eigenvalue weighted by Crippen LogP contribution is -2.46. The third-order valence-corrected chi connectivity index (χ3v) is 6.04. The number of aromatic nitrogens is 1. The van der Waals surface area contributed by atoms with Crippen LogP contribution in [0.2, 0.25) is 0 Å². The van der Waals surface area contributed by atoms with Gasteiger partial charge in [0.15, 0.2) is 5.13 Å². The molecule has 1 aromatic carbocycles. The van der Waals surface area contributed by atoms with E-state index in [9.17, 15) is 0 Å². The lowest BCUT2D eigenvalue weighted by Gasteiger charge is -2.31. The molecule has 7 heteroatoms. The van der Waals surface area contributed by atoms with E-state index >= 15 is 0 Å². The molecule has 0 amide bonds. The standard InChI is InChI=1S/C16H18N4O2S/c1-21-11-2-3-12-13(6-11)23-15(18-12)19-14-17-8-16(22-14)9-20-5-4-10(16)7-20/h2-3,6,10H,4-5,7-9H2,1H3,(H,17,18,19). The lowest BCUT2D eigenvalue weighted by molar-refractivity contribution is 0.0364. The van der Waals surface area contributed by atoms with E-state index < -0.39 is 0 Å². The molecule has 5 rings (SSSR count). The summed E-state index contributed by atoms with van der Waals surface area (Å²) in [7, 11) is 1.67. The Hall–Kier alpha value is -1.86. The quantitative estimate of drug-likeness (QED) is 0.914. The molecule has 1 spiro atoms. The molecule has 120 valence electrons. The van der Waals surface area contributed by atoms with Crippen LogP contribution < -0.4 is 10.1 Å². The minimum Gasteiger partial charge on any atom is -0.497 e. The Morgan fingerprint density at radius 3 is 3.22 bits per heavy atom.